The Kier molecular flexibility index (Phi) is 21.6. The second-order valence-electron chi connectivity index (χ2n) is 5.94. The number of benzene rings is 1. The third-order valence-electron chi connectivity index (χ3n) is 3.85. The van der Waals surface area contributed by atoms with Gasteiger partial charge in [0.1, 0.15) is 0 Å². The van der Waals surface area contributed by atoms with Gasteiger partial charge in [0, 0.05) is 0 Å². The molecule has 0 heteroatoms. The summed E-state index contributed by atoms with van der Waals surface area (Å²) in [5.41, 5.74) is 1.41. The molecule has 1 rings (SSSR count). The second-order valence-corrected chi connectivity index (χ2v) is 5.94. The molecule has 0 nitrogen and oxygen atoms in total. The van der Waals surface area contributed by atoms with Crippen molar-refractivity contribution in [2.45, 2.75) is 99.3 Å². The zero-order chi connectivity index (χ0) is 17.1. The molecule has 0 N–H and O–H groups in total. The van der Waals surface area contributed by atoms with E-state index in [4.69, 9.17) is 0 Å². The molecule has 1 aromatic carbocycles. The summed E-state index contributed by atoms with van der Waals surface area (Å²) in [5, 5.41) is 0. The van der Waals surface area contributed by atoms with E-state index < -0.39 is 0 Å². The third kappa shape index (κ3) is 17.3. The van der Waals surface area contributed by atoms with Crippen LogP contribution in [0.25, 0.3) is 0 Å². The summed E-state index contributed by atoms with van der Waals surface area (Å²) in [6.07, 6.45) is 12.5. The van der Waals surface area contributed by atoms with Crippen molar-refractivity contribution >= 4 is 0 Å². The maximum atomic E-state index is 2.41. The van der Waals surface area contributed by atoms with Crippen LogP contribution in [0.4, 0.5) is 0 Å². The molecule has 0 aliphatic rings. The number of aryl methyl sites for hydroxylation is 1. The van der Waals surface area contributed by atoms with E-state index in [-0.39, 0.29) is 0 Å². The van der Waals surface area contributed by atoms with Crippen molar-refractivity contribution in [1.29, 1.82) is 0 Å². The molecule has 0 unspecified atom stereocenters. The molecule has 0 radical (unpaired) electrons. The summed E-state index contributed by atoms with van der Waals surface area (Å²) in [7, 11) is 0. The highest BCUT2D eigenvalue weighted by Gasteiger charge is 2.00. The largest absolute Gasteiger partial charge is 0.0683 e. The van der Waals surface area contributed by atoms with Crippen LogP contribution in [0.2, 0.25) is 0 Å². The molecule has 130 valence electrons. The lowest BCUT2D eigenvalue weighted by Gasteiger charge is -2.09. The fourth-order valence-electron chi connectivity index (χ4n) is 2.34. The van der Waals surface area contributed by atoms with Crippen LogP contribution in [0, 0.1) is 5.92 Å². The van der Waals surface area contributed by atoms with E-state index in [1.165, 1.54) is 56.9 Å². The van der Waals surface area contributed by atoms with Gasteiger partial charge in [0.05, 0.1) is 0 Å². The lowest BCUT2D eigenvalue weighted by atomic mass is 9.97. The van der Waals surface area contributed by atoms with Gasteiger partial charge >= 0.3 is 0 Å². The Morgan fingerprint density at radius 1 is 0.727 bits per heavy atom. The highest BCUT2D eigenvalue weighted by Crippen LogP contribution is 2.16. The average molecular weight is 307 g/mol. The first kappa shape index (κ1) is 23.5. The molecule has 22 heavy (non-hydrogen) atoms. The smallest absolute Gasteiger partial charge is 0.0307 e. The van der Waals surface area contributed by atoms with Crippen molar-refractivity contribution in [3.05, 3.63) is 35.9 Å². The van der Waals surface area contributed by atoms with Gasteiger partial charge < -0.3 is 0 Å². The van der Waals surface area contributed by atoms with Crippen LogP contribution in [0.5, 0.6) is 0 Å². The SMILES string of the molecule is CC.CCCCCC(C)CCCCC.CCc1ccccc1. The van der Waals surface area contributed by atoms with E-state index in [0.29, 0.717) is 0 Å². The molecule has 0 heterocycles. The first-order valence-electron chi connectivity index (χ1n) is 9.78. The van der Waals surface area contributed by atoms with Crippen molar-refractivity contribution in [2.75, 3.05) is 0 Å². The molecule has 0 aromatic heterocycles. The monoisotopic (exact) mass is 306 g/mol. The summed E-state index contributed by atoms with van der Waals surface area (Å²) in [4.78, 5) is 0. The van der Waals surface area contributed by atoms with E-state index in [2.05, 4.69) is 52.0 Å². The van der Waals surface area contributed by atoms with E-state index in [1.807, 2.05) is 19.9 Å². The van der Waals surface area contributed by atoms with Crippen LogP contribution in [0.15, 0.2) is 30.3 Å². The molecule has 0 aliphatic carbocycles. The molecular formula is C22H42. The second kappa shape index (κ2) is 20.2. The Balaban J connectivity index is 0. The van der Waals surface area contributed by atoms with Gasteiger partial charge in [0.25, 0.3) is 0 Å². The van der Waals surface area contributed by atoms with Crippen LogP contribution in [0.3, 0.4) is 0 Å². The highest BCUT2D eigenvalue weighted by molar-refractivity contribution is 5.13. The third-order valence-corrected chi connectivity index (χ3v) is 3.85. The first-order chi connectivity index (χ1) is 10.7. The van der Waals surface area contributed by atoms with Gasteiger partial charge in [-0.05, 0) is 17.9 Å². The summed E-state index contributed by atoms with van der Waals surface area (Å²) in [6, 6.07) is 10.5. The van der Waals surface area contributed by atoms with Crippen molar-refractivity contribution in [2.24, 2.45) is 5.92 Å². The summed E-state index contributed by atoms with van der Waals surface area (Å²) >= 11 is 0. The summed E-state index contributed by atoms with van der Waals surface area (Å²) < 4.78 is 0. The Morgan fingerprint density at radius 3 is 1.50 bits per heavy atom. The summed E-state index contributed by atoms with van der Waals surface area (Å²) in [5.74, 6) is 0.975. The fraction of sp³-hybridized carbons (Fsp3) is 0.727. The molecule has 0 amide bonds. The van der Waals surface area contributed by atoms with Gasteiger partial charge in [-0.15, -0.1) is 0 Å². The number of hydrogen-bond donors (Lipinski definition) is 0. The molecule has 0 saturated carbocycles. The topological polar surface area (TPSA) is 0 Å². The van der Waals surface area contributed by atoms with Crippen molar-refractivity contribution in [1.82, 2.24) is 0 Å². The number of unbranched alkanes of at least 4 members (excludes halogenated alkanes) is 4. The molecule has 1 aromatic rings. The van der Waals surface area contributed by atoms with Crippen LogP contribution < -0.4 is 0 Å². The maximum Gasteiger partial charge on any atom is -0.0307 e. The molecule has 0 aliphatic heterocycles. The highest BCUT2D eigenvalue weighted by atomic mass is 14.1. The van der Waals surface area contributed by atoms with Crippen LogP contribution in [0.1, 0.15) is 98.5 Å². The zero-order valence-electron chi connectivity index (χ0n) is 16.3. The predicted octanol–water partition coefficient (Wildman–Crippen LogP) is 8.06. The van der Waals surface area contributed by atoms with Gasteiger partial charge in [-0.1, -0.05) is 123 Å². The standard InChI is InChI=1S/C12H26.C8H10.C2H6/c1-4-6-8-10-12(3)11-9-7-5-2;1-2-8-6-4-3-5-7-8;1-2/h12H,4-11H2,1-3H3;3-7H,2H2,1H3;1-2H3. The Bertz CT molecular complexity index is 265. The van der Waals surface area contributed by atoms with Crippen LogP contribution >= 0.6 is 0 Å². The minimum atomic E-state index is 0.975. The number of rotatable bonds is 9. The van der Waals surface area contributed by atoms with Crippen LogP contribution in [-0.4, -0.2) is 0 Å². The molecule has 0 fully saturated rings. The average Bonchev–Trinajstić information content (AvgIpc) is 2.58. The minimum absolute atomic E-state index is 0.975. The van der Waals surface area contributed by atoms with Gasteiger partial charge in [-0.25, -0.2) is 0 Å². The Morgan fingerprint density at radius 2 is 1.18 bits per heavy atom. The van der Waals surface area contributed by atoms with Gasteiger partial charge in [0.2, 0.25) is 0 Å². The fourth-order valence-corrected chi connectivity index (χ4v) is 2.34. The van der Waals surface area contributed by atoms with E-state index in [1.54, 1.807) is 0 Å². The molecule has 0 spiro atoms. The predicted molar refractivity (Wildman–Crippen MR) is 105 cm³/mol. The van der Waals surface area contributed by atoms with Gasteiger partial charge in [-0.2, -0.15) is 0 Å². The molecule has 0 atom stereocenters. The van der Waals surface area contributed by atoms with E-state index in [0.717, 1.165) is 12.3 Å². The maximum absolute atomic E-state index is 2.41. The van der Waals surface area contributed by atoms with Crippen molar-refractivity contribution < 1.29 is 0 Å². The lowest BCUT2D eigenvalue weighted by Crippen LogP contribution is -1.94. The lowest BCUT2D eigenvalue weighted by molar-refractivity contribution is 0.442. The molecule has 0 saturated heterocycles. The van der Waals surface area contributed by atoms with Gasteiger partial charge in [0.15, 0.2) is 0 Å². The van der Waals surface area contributed by atoms with E-state index in [9.17, 15) is 0 Å². The minimum Gasteiger partial charge on any atom is -0.0683 e. The quantitative estimate of drug-likeness (QED) is 0.405. The Labute approximate surface area is 141 Å². The number of hydrogen-bond acceptors (Lipinski definition) is 0. The van der Waals surface area contributed by atoms with Crippen molar-refractivity contribution in [3.8, 4) is 0 Å². The van der Waals surface area contributed by atoms with Crippen LogP contribution in [-0.2, 0) is 6.42 Å². The normalized spacial score (nSPS) is 9.59. The zero-order valence-corrected chi connectivity index (χ0v) is 16.3. The summed E-state index contributed by atoms with van der Waals surface area (Å²) in [6.45, 7) is 13.1. The van der Waals surface area contributed by atoms with Gasteiger partial charge in [-0.3, -0.25) is 0 Å². The molecule has 0 bridgehead atoms. The Hall–Kier alpha value is -0.780. The molecular weight excluding hydrogens is 264 g/mol. The van der Waals surface area contributed by atoms with Crippen molar-refractivity contribution in [3.63, 3.8) is 0 Å². The first-order valence-corrected chi connectivity index (χ1v) is 9.78. The van der Waals surface area contributed by atoms with E-state index >= 15 is 0 Å².